The monoisotopic (exact) mass is 248 g/mol. The molecule has 0 aliphatic heterocycles. The second-order valence-corrected chi connectivity index (χ2v) is 5.48. The summed E-state index contributed by atoms with van der Waals surface area (Å²) in [6, 6.07) is 4.15. The average Bonchev–Trinajstić information content (AvgIpc) is 2.40. The molecule has 1 heterocycles. The third-order valence-corrected chi connectivity index (χ3v) is 3.95. The number of hydrogen-bond donors (Lipinski definition) is 1. The van der Waals surface area contributed by atoms with Gasteiger partial charge in [-0.05, 0) is 49.9 Å². The molecule has 3 heteroatoms. The molecule has 0 radical (unpaired) electrons. The van der Waals surface area contributed by atoms with E-state index >= 15 is 0 Å². The highest BCUT2D eigenvalue weighted by Gasteiger charge is 2.23. The van der Waals surface area contributed by atoms with E-state index in [2.05, 4.69) is 29.1 Å². The van der Waals surface area contributed by atoms with Gasteiger partial charge < -0.3 is 10.0 Å². The second kappa shape index (κ2) is 6.86. The van der Waals surface area contributed by atoms with Crippen LogP contribution in [0.25, 0.3) is 0 Å². The van der Waals surface area contributed by atoms with Crippen LogP contribution in [0.4, 0.5) is 0 Å². The van der Waals surface area contributed by atoms with Crippen molar-refractivity contribution in [3.8, 4) is 0 Å². The first-order chi connectivity index (χ1) is 8.75. The highest BCUT2D eigenvalue weighted by molar-refractivity contribution is 5.09. The molecular formula is C15H24N2O. The van der Waals surface area contributed by atoms with Crippen LogP contribution in [0, 0.1) is 5.92 Å². The van der Waals surface area contributed by atoms with Gasteiger partial charge in [-0.15, -0.1) is 0 Å². The van der Waals surface area contributed by atoms with Gasteiger partial charge in [0.1, 0.15) is 0 Å². The van der Waals surface area contributed by atoms with Gasteiger partial charge in [-0.25, -0.2) is 0 Å². The summed E-state index contributed by atoms with van der Waals surface area (Å²) < 4.78 is 0. The SMILES string of the molecule is CN(CCc1ccncc1)CC1CCCCC1O. The summed E-state index contributed by atoms with van der Waals surface area (Å²) in [5.74, 6) is 0.473. The number of aromatic nitrogens is 1. The van der Waals surface area contributed by atoms with Gasteiger partial charge in [0, 0.05) is 25.5 Å². The number of aliphatic hydroxyl groups excluding tert-OH is 1. The number of hydrogen-bond acceptors (Lipinski definition) is 3. The third-order valence-electron chi connectivity index (χ3n) is 3.95. The molecule has 18 heavy (non-hydrogen) atoms. The van der Waals surface area contributed by atoms with Crippen LogP contribution in [0.15, 0.2) is 24.5 Å². The lowest BCUT2D eigenvalue weighted by molar-refractivity contribution is 0.0516. The van der Waals surface area contributed by atoms with Crippen LogP contribution in [0.2, 0.25) is 0 Å². The molecule has 1 saturated carbocycles. The van der Waals surface area contributed by atoms with E-state index in [9.17, 15) is 5.11 Å². The van der Waals surface area contributed by atoms with Crippen LogP contribution in [-0.2, 0) is 6.42 Å². The normalized spacial score (nSPS) is 24.4. The maximum atomic E-state index is 9.97. The molecule has 0 bridgehead atoms. The Bertz CT molecular complexity index is 342. The predicted molar refractivity (Wildman–Crippen MR) is 73.4 cm³/mol. The summed E-state index contributed by atoms with van der Waals surface area (Å²) >= 11 is 0. The Morgan fingerprint density at radius 3 is 2.72 bits per heavy atom. The molecule has 1 fully saturated rings. The van der Waals surface area contributed by atoms with Crippen molar-refractivity contribution in [2.45, 2.75) is 38.2 Å². The summed E-state index contributed by atoms with van der Waals surface area (Å²) in [5, 5.41) is 9.97. The summed E-state index contributed by atoms with van der Waals surface area (Å²) in [7, 11) is 2.16. The van der Waals surface area contributed by atoms with Crippen molar-refractivity contribution in [1.82, 2.24) is 9.88 Å². The molecule has 1 N–H and O–H groups in total. The number of pyridine rings is 1. The fourth-order valence-corrected chi connectivity index (χ4v) is 2.76. The van der Waals surface area contributed by atoms with E-state index < -0.39 is 0 Å². The molecule has 2 rings (SSSR count). The van der Waals surface area contributed by atoms with Crippen LogP contribution in [-0.4, -0.2) is 41.2 Å². The molecule has 2 unspecified atom stereocenters. The van der Waals surface area contributed by atoms with Crippen LogP contribution in [0.1, 0.15) is 31.2 Å². The summed E-state index contributed by atoms with van der Waals surface area (Å²) in [4.78, 5) is 6.38. The van der Waals surface area contributed by atoms with Gasteiger partial charge in [-0.1, -0.05) is 12.8 Å². The predicted octanol–water partition coefficient (Wildman–Crippen LogP) is 2.11. The largest absolute Gasteiger partial charge is 0.393 e. The number of aliphatic hydroxyl groups is 1. The smallest absolute Gasteiger partial charge is 0.0580 e. The van der Waals surface area contributed by atoms with Crippen LogP contribution in [0.3, 0.4) is 0 Å². The van der Waals surface area contributed by atoms with Gasteiger partial charge in [0.15, 0.2) is 0 Å². The summed E-state index contributed by atoms with van der Waals surface area (Å²) in [5.41, 5.74) is 1.33. The minimum atomic E-state index is -0.0814. The van der Waals surface area contributed by atoms with Crippen molar-refractivity contribution in [1.29, 1.82) is 0 Å². The lowest BCUT2D eigenvalue weighted by Crippen LogP contribution is -2.35. The zero-order valence-corrected chi connectivity index (χ0v) is 11.3. The molecule has 0 spiro atoms. The van der Waals surface area contributed by atoms with Crippen molar-refractivity contribution in [2.75, 3.05) is 20.1 Å². The lowest BCUT2D eigenvalue weighted by atomic mass is 9.86. The Balaban J connectivity index is 1.73. The van der Waals surface area contributed by atoms with E-state index in [1.807, 2.05) is 12.4 Å². The summed E-state index contributed by atoms with van der Waals surface area (Å²) in [6.45, 7) is 2.07. The van der Waals surface area contributed by atoms with Gasteiger partial charge in [-0.2, -0.15) is 0 Å². The highest BCUT2D eigenvalue weighted by Crippen LogP contribution is 2.24. The molecule has 0 amide bonds. The van der Waals surface area contributed by atoms with Crippen molar-refractivity contribution in [2.24, 2.45) is 5.92 Å². The molecule has 1 aliphatic carbocycles. The summed E-state index contributed by atoms with van der Waals surface area (Å²) in [6.07, 6.45) is 9.31. The van der Waals surface area contributed by atoms with E-state index in [1.54, 1.807) is 0 Å². The standard InChI is InChI=1S/C15H24N2O/c1-17(11-8-13-6-9-16-10-7-13)12-14-4-2-3-5-15(14)18/h6-7,9-10,14-15,18H,2-5,8,11-12H2,1H3. The topological polar surface area (TPSA) is 36.4 Å². The number of likely N-dealkylation sites (N-methyl/N-ethyl adjacent to an activating group) is 1. The Hall–Kier alpha value is -0.930. The maximum Gasteiger partial charge on any atom is 0.0580 e. The Morgan fingerprint density at radius 1 is 1.28 bits per heavy atom. The maximum absolute atomic E-state index is 9.97. The van der Waals surface area contributed by atoms with E-state index in [4.69, 9.17) is 0 Å². The molecule has 0 aromatic carbocycles. The van der Waals surface area contributed by atoms with E-state index in [0.29, 0.717) is 5.92 Å². The second-order valence-electron chi connectivity index (χ2n) is 5.48. The third kappa shape index (κ3) is 4.07. The Kier molecular flexibility index (Phi) is 5.14. The number of nitrogens with zero attached hydrogens (tertiary/aromatic N) is 2. The molecule has 100 valence electrons. The fraction of sp³-hybridized carbons (Fsp3) is 0.667. The highest BCUT2D eigenvalue weighted by atomic mass is 16.3. The van der Waals surface area contributed by atoms with Gasteiger partial charge in [0.2, 0.25) is 0 Å². The minimum Gasteiger partial charge on any atom is -0.393 e. The average molecular weight is 248 g/mol. The molecule has 2 atom stereocenters. The van der Waals surface area contributed by atoms with Crippen LogP contribution >= 0.6 is 0 Å². The number of rotatable bonds is 5. The van der Waals surface area contributed by atoms with E-state index in [1.165, 1.54) is 24.8 Å². The molecule has 1 aromatic rings. The molecule has 3 nitrogen and oxygen atoms in total. The van der Waals surface area contributed by atoms with E-state index in [-0.39, 0.29) is 6.10 Å². The molecular weight excluding hydrogens is 224 g/mol. The van der Waals surface area contributed by atoms with Gasteiger partial charge in [0.05, 0.1) is 6.10 Å². The van der Waals surface area contributed by atoms with Gasteiger partial charge in [0.25, 0.3) is 0 Å². The van der Waals surface area contributed by atoms with Crippen molar-refractivity contribution in [3.63, 3.8) is 0 Å². The Morgan fingerprint density at radius 2 is 2.00 bits per heavy atom. The minimum absolute atomic E-state index is 0.0814. The van der Waals surface area contributed by atoms with E-state index in [0.717, 1.165) is 25.9 Å². The lowest BCUT2D eigenvalue weighted by Gasteiger charge is -2.31. The quantitative estimate of drug-likeness (QED) is 0.867. The zero-order chi connectivity index (χ0) is 12.8. The van der Waals surface area contributed by atoms with Crippen molar-refractivity contribution < 1.29 is 5.11 Å². The zero-order valence-electron chi connectivity index (χ0n) is 11.3. The first kappa shape index (κ1) is 13.5. The van der Waals surface area contributed by atoms with Gasteiger partial charge in [-0.3, -0.25) is 4.98 Å². The Labute approximate surface area is 110 Å². The molecule has 1 aliphatic rings. The van der Waals surface area contributed by atoms with Crippen LogP contribution in [0.5, 0.6) is 0 Å². The molecule has 0 saturated heterocycles. The van der Waals surface area contributed by atoms with Crippen molar-refractivity contribution >= 4 is 0 Å². The fourth-order valence-electron chi connectivity index (χ4n) is 2.76. The van der Waals surface area contributed by atoms with Gasteiger partial charge >= 0.3 is 0 Å². The van der Waals surface area contributed by atoms with Crippen LogP contribution < -0.4 is 0 Å². The van der Waals surface area contributed by atoms with Crippen molar-refractivity contribution in [3.05, 3.63) is 30.1 Å². The molecule has 1 aromatic heterocycles. The first-order valence-electron chi connectivity index (χ1n) is 7.01. The first-order valence-corrected chi connectivity index (χ1v) is 7.01.